The van der Waals surface area contributed by atoms with Crippen molar-refractivity contribution in [1.82, 2.24) is 0 Å². The number of hydrogen-bond acceptors (Lipinski definition) is 4. The monoisotopic (exact) mass is 245 g/mol. The first-order valence-electron chi connectivity index (χ1n) is 3.08. The summed E-state index contributed by atoms with van der Waals surface area (Å²) in [7, 11) is -4.47. The molecule has 0 heterocycles. The molecule has 1 aromatic carbocycles. The Labute approximate surface area is 107 Å². The Bertz CT molecular complexity index is 447. The van der Waals surface area contributed by atoms with Crippen molar-refractivity contribution in [3.05, 3.63) is 24.3 Å². The molecule has 1 N–H and O–H groups in total. The van der Waals surface area contributed by atoms with Crippen molar-refractivity contribution in [1.29, 1.82) is 0 Å². The summed E-state index contributed by atoms with van der Waals surface area (Å²) >= 11 is -2.68. The minimum absolute atomic E-state index is 0. The fourth-order valence-electron chi connectivity index (χ4n) is 0.801. The van der Waals surface area contributed by atoms with Crippen LogP contribution in [0.15, 0.2) is 34.1 Å². The van der Waals surface area contributed by atoms with Gasteiger partial charge in [0.05, 0.1) is 0 Å². The summed E-state index contributed by atoms with van der Waals surface area (Å²) in [5, 5.41) is 0. The van der Waals surface area contributed by atoms with Crippen LogP contribution in [0.4, 0.5) is 0 Å². The van der Waals surface area contributed by atoms with Crippen LogP contribution in [0.3, 0.4) is 0 Å². The average Bonchev–Trinajstić information content (AvgIpc) is 2.03. The zero-order chi connectivity index (χ0) is 10.1. The molecular formula is C6H6NaO5S2-. The third-order valence-electron chi connectivity index (χ3n) is 1.31. The predicted molar refractivity (Wildman–Crippen MR) is 44.6 cm³/mol. The van der Waals surface area contributed by atoms with E-state index in [1.54, 1.807) is 0 Å². The molecule has 0 saturated carbocycles. The molecule has 1 aromatic rings. The van der Waals surface area contributed by atoms with Gasteiger partial charge in [0.25, 0.3) is 10.1 Å². The Morgan fingerprint density at radius 1 is 1.36 bits per heavy atom. The fourth-order valence-corrected chi connectivity index (χ4v) is 2.32. The van der Waals surface area contributed by atoms with Crippen LogP contribution >= 0.6 is 0 Å². The van der Waals surface area contributed by atoms with E-state index >= 15 is 0 Å². The minimum Gasteiger partial charge on any atom is -1.00 e. The van der Waals surface area contributed by atoms with E-state index in [2.05, 4.69) is 0 Å². The molecular weight excluding hydrogens is 239 g/mol. The smallest absolute Gasteiger partial charge is 1.00 e. The van der Waals surface area contributed by atoms with Crippen LogP contribution in [0.5, 0.6) is 0 Å². The predicted octanol–water partition coefficient (Wildman–Crippen LogP) is -2.71. The number of rotatable bonds is 2. The van der Waals surface area contributed by atoms with Crippen molar-refractivity contribution in [2.24, 2.45) is 0 Å². The fraction of sp³-hybridized carbons (Fsp3) is 0. The van der Waals surface area contributed by atoms with Crippen molar-refractivity contribution in [2.75, 3.05) is 0 Å². The van der Waals surface area contributed by atoms with Gasteiger partial charge in [-0.15, -0.1) is 0 Å². The molecule has 0 radical (unpaired) electrons. The Balaban J connectivity index is 0. The first kappa shape index (κ1) is 14.2. The van der Waals surface area contributed by atoms with Crippen LogP contribution in [0.1, 0.15) is 1.43 Å². The maximum atomic E-state index is 10.6. The third kappa shape index (κ3) is 3.43. The molecule has 0 aromatic heterocycles. The van der Waals surface area contributed by atoms with Gasteiger partial charge in [-0.3, -0.25) is 8.76 Å². The first-order chi connectivity index (χ1) is 5.93. The molecule has 0 fully saturated rings. The minimum atomic E-state index is -4.47. The quantitative estimate of drug-likeness (QED) is 0.347. The van der Waals surface area contributed by atoms with Gasteiger partial charge in [0.2, 0.25) is 0 Å². The van der Waals surface area contributed by atoms with Gasteiger partial charge in [-0.1, -0.05) is 12.1 Å². The molecule has 5 nitrogen and oxygen atoms in total. The summed E-state index contributed by atoms with van der Waals surface area (Å²) in [5.41, 5.74) is 0. The third-order valence-corrected chi connectivity index (χ3v) is 3.06. The maximum Gasteiger partial charge on any atom is 1.00 e. The normalized spacial score (nSPS) is 13.0. The van der Waals surface area contributed by atoms with Gasteiger partial charge in [-0.2, -0.15) is 8.42 Å². The van der Waals surface area contributed by atoms with Crippen LogP contribution in [-0.4, -0.2) is 21.7 Å². The zero-order valence-electron chi connectivity index (χ0n) is 8.21. The molecule has 8 heteroatoms. The Morgan fingerprint density at radius 3 is 2.21 bits per heavy atom. The molecule has 74 valence electrons. The zero-order valence-corrected chi connectivity index (χ0v) is 10.8. The first-order valence-corrected chi connectivity index (χ1v) is 5.60. The van der Waals surface area contributed by atoms with Gasteiger partial charge >= 0.3 is 29.6 Å². The summed E-state index contributed by atoms with van der Waals surface area (Å²) in [6.45, 7) is 0. The molecule has 0 amide bonds. The molecule has 1 unspecified atom stereocenters. The van der Waals surface area contributed by atoms with Crippen molar-refractivity contribution in [3.8, 4) is 0 Å². The van der Waals surface area contributed by atoms with Gasteiger partial charge in [-0.25, -0.2) is 0 Å². The summed E-state index contributed by atoms with van der Waals surface area (Å²) < 4.78 is 50.9. The van der Waals surface area contributed by atoms with Gasteiger partial charge in [0, 0.05) is 4.90 Å². The van der Waals surface area contributed by atoms with Crippen molar-refractivity contribution >= 4 is 21.2 Å². The molecule has 0 aliphatic carbocycles. The number of hydrogen-bond donors (Lipinski definition) is 1. The standard InChI is InChI=1S/C6H6O5S2.Na.H/c7-12(8)5-3-1-2-4-6(5)13(9,10)11;;/h1-4H,(H,7,8)(H,9,10,11);;/q;+1;-1/p-1. The van der Waals surface area contributed by atoms with Crippen molar-refractivity contribution in [3.63, 3.8) is 0 Å². The molecule has 0 saturated heterocycles. The molecule has 0 aliphatic rings. The second kappa shape index (κ2) is 5.36. The summed E-state index contributed by atoms with van der Waals surface area (Å²) in [6, 6.07) is 4.78. The van der Waals surface area contributed by atoms with Crippen molar-refractivity contribution < 1.29 is 52.7 Å². The molecule has 1 rings (SSSR count). The van der Waals surface area contributed by atoms with Crippen LogP contribution in [-0.2, 0) is 21.2 Å². The Kier molecular flexibility index (Phi) is 5.45. The van der Waals surface area contributed by atoms with Crippen LogP contribution in [0.25, 0.3) is 0 Å². The van der Waals surface area contributed by atoms with E-state index < -0.39 is 31.0 Å². The largest absolute Gasteiger partial charge is 1.00 e. The SMILES string of the molecule is O=S([O-])c1ccccc1S(=O)(=O)O.[H-].[Na+]. The average molecular weight is 245 g/mol. The topological polar surface area (TPSA) is 94.5 Å². The molecule has 0 spiro atoms. The van der Waals surface area contributed by atoms with Crippen LogP contribution < -0.4 is 29.6 Å². The molecule has 0 bridgehead atoms. The second-order valence-electron chi connectivity index (χ2n) is 2.16. The maximum absolute atomic E-state index is 10.6. The Morgan fingerprint density at radius 2 is 1.86 bits per heavy atom. The van der Waals surface area contributed by atoms with E-state index in [4.69, 9.17) is 4.55 Å². The summed E-state index contributed by atoms with van der Waals surface area (Å²) in [5.74, 6) is 0. The van der Waals surface area contributed by atoms with E-state index in [-0.39, 0.29) is 31.0 Å². The van der Waals surface area contributed by atoms with Gasteiger partial charge in [-0.05, 0) is 23.2 Å². The number of benzene rings is 1. The van der Waals surface area contributed by atoms with E-state index in [1.165, 1.54) is 12.1 Å². The van der Waals surface area contributed by atoms with Crippen LogP contribution in [0, 0.1) is 0 Å². The van der Waals surface area contributed by atoms with E-state index in [1.807, 2.05) is 0 Å². The molecule has 1 atom stereocenters. The Hall–Kier alpha value is 0.240. The second-order valence-corrected chi connectivity index (χ2v) is 4.46. The van der Waals surface area contributed by atoms with E-state index in [0.717, 1.165) is 12.1 Å². The summed E-state index contributed by atoms with van der Waals surface area (Å²) in [6.07, 6.45) is 0. The summed E-state index contributed by atoms with van der Waals surface area (Å²) in [4.78, 5) is -1.05. The van der Waals surface area contributed by atoms with Gasteiger partial charge in [0.15, 0.2) is 0 Å². The van der Waals surface area contributed by atoms with Gasteiger partial charge in [0.1, 0.15) is 4.90 Å². The molecule has 14 heavy (non-hydrogen) atoms. The molecule has 0 aliphatic heterocycles. The van der Waals surface area contributed by atoms with E-state index in [0.29, 0.717) is 0 Å². The van der Waals surface area contributed by atoms with E-state index in [9.17, 15) is 17.2 Å². The van der Waals surface area contributed by atoms with Crippen LogP contribution in [0.2, 0.25) is 0 Å². The van der Waals surface area contributed by atoms with Gasteiger partial charge < -0.3 is 5.98 Å². The van der Waals surface area contributed by atoms with Crippen molar-refractivity contribution in [2.45, 2.75) is 9.79 Å².